The van der Waals surface area contributed by atoms with E-state index in [2.05, 4.69) is 63.6 Å². The molecule has 0 unspecified atom stereocenters. The van der Waals surface area contributed by atoms with Crippen LogP contribution in [0.3, 0.4) is 0 Å². The Balaban J connectivity index is 0.00000341. The van der Waals surface area contributed by atoms with Crippen LogP contribution in [0, 0.1) is 6.92 Å². The van der Waals surface area contributed by atoms with Gasteiger partial charge in [-0.3, -0.25) is 4.99 Å². The summed E-state index contributed by atoms with van der Waals surface area (Å²) in [6, 6.07) is 14.9. The molecular weight excluding hydrogens is 501 g/mol. The van der Waals surface area contributed by atoms with E-state index in [0.29, 0.717) is 25.1 Å². The summed E-state index contributed by atoms with van der Waals surface area (Å²) in [4.78, 5) is 11.4. The number of pyridine rings is 1. The molecule has 31 heavy (non-hydrogen) atoms. The van der Waals surface area contributed by atoms with Crippen molar-refractivity contribution in [1.29, 1.82) is 0 Å². The number of rotatable bonds is 7. The van der Waals surface area contributed by atoms with Crippen LogP contribution in [0.2, 0.25) is 0 Å². The lowest BCUT2D eigenvalue weighted by atomic mass is 10.0. The number of guanidine groups is 1. The average Bonchev–Trinajstić information content (AvgIpc) is 2.76. The van der Waals surface area contributed by atoms with Gasteiger partial charge in [-0.15, -0.1) is 24.0 Å². The molecule has 0 atom stereocenters. The van der Waals surface area contributed by atoms with Crippen LogP contribution < -0.4 is 20.3 Å². The van der Waals surface area contributed by atoms with Crippen molar-refractivity contribution in [2.45, 2.75) is 45.6 Å². The molecule has 2 heterocycles. The zero-order valence-corrected chi connectivity index (χ0v) is 21.4. The fraction of sp³-hybridized carbons (Fsp3) is 0.500. The third kappa shape index (κ3) is 7.55. The first kappa shape index (κ1) is 25.2. The van der Waals surface area contributed by atoms with Crippen LogP contribution in [0.15, 0.2) is 47.5 Å². The predicted octanol–water partition coefficient (Wildman–Crippen LogP) is 4.34. The Kier molecular flexibility index (Phi) is 10.4. The van der Waals surface area contributed by atoms with Gasteiger partial charge >= 0.3 is 0 Å². The number of aromatic nitrogens is 1. The van der Waals surface area contributed by atoms with Crippen molar-refractivity contribution in [2.24, 2.45) is 4.99 Å². The quantitative estimate of drug-likeness (QED) is 0.238. The lowest BCUT2D eigenvalue weighted by Crippen LogP contribution is -2.49. The number of nitrogens with zero attached hydrogens (tertiary/aromatic N) is 3. The van der Waals surface area contributed by atoms with Gasteiger partial charge in [0.2, 0.25) is 0 Å². The minimum absolute atomic E-state index is 0. The molecule has 0 spiro atoms. The molecule has 2 N–H and O–H groups in total. The summed E-state index contributed by atoms with van der Waals surface area (Å²) >= 11 is 0. The summed E-state index contributed by atoms with van der Waals surface area (Å²) in [6.07, 6.45) is 2.13. The number of ether oxygens (including phenoxy) is 1. The van der Waals surface area contributed by atoms with E-state index in [1.807, 2.05) is 32.2 Å². The number of benzene rings is 1. The van der Waals surface area contributed by atoms with Crippen molar-refractivity contribution in [2.75, 3.05) is 38.2 Å². The largest absolute Gasteiger partial charge is 0.491 e. The number of aliphatic imine (C=N–C) groups is 1. The van der Waals surface area contributed by atoms with E-state index in [1.54, 1.807) is 0 Å². The Morgan fingerprint density at radius 2 is 1.90 bits per heavy atom. The minimum atomic E-state index is 0. The third-order valence-corrected chi connectivity index (χ3v) is 5.45. The van der Waals surface area contributed by atoms with Gasteiger partial charge in [-0.25, -0.2) is 4.98 Å². The van der Waals surface area contributed by atoms with Gasteiger partial charge in [0.1, 0.15) is 18.2 Å². The van der Waals surface area contributed by atoms with E-state index in [9.17, 15) is 0 Å². The molecule has 1 aromatic carbocycles. The van der Waals surface area contributed by atoms with Crippen molar-refractivity contribution in [1.82, 2.24) is 15.6 Å². The Morgan fingerprint density at radius 1 is 1.16 bits per heavy atom. The highest BCUT2D eigenvalue weighted by atomic mass is 127. The van der Waals surface area contributed by atoms with E-state index in [-0.39, 0.29) is 24.0 Å². The molecule has 2 aromatic rings. The van der Waals surface area contributed by atoms with Crippen LogP contribution in [0.5, 0.6) is 5.75 Å². The number of hydrogen-bond donors (Lipinski definition) is 2. The Bertz CT molecular complexity index is 834. The maximum absolute atomic E-state index is 6.00. The molecule has 0 bridgehead atoms. The van der Waals surface area contributed by atoms with Gasteiger partial charge in [-0.1, -0.05) is 38.1 Å². The van der Waals surface area contributed by atoms with Crippen LogP contribution in [0.4, 0.5) is 5.82 Å². The molecule has 0 saturated carbocycles. The maximum atomic E-state index is 6.00. The van der Waals surface area contributed by atoms with Gasteiger partial charge in [0, 0.05) is 31.9 Å². The summed E-state index contributed by atoms with van der Waals surface area (Å²) in [6.45, 7) is 9.72. The SMILES string of the molecule is CN=C(NCCOc1ccccc1C(C)C)NC1CCN(c2cccc(C)n2)CC1.I. The first-order valence-corrected chi connectivity index (χ1v) is 10.9. The molecule has 0 amide bonds. The number of nitrogens with one attached hydrogen (secondary N) is 2. The Hall–Kier alpha value is -2.03. The Labute approximate surface area is 203 Å². The number of para-hydroxylation sites is 1. The van der Waals surface area contributed by atoms with Gasteiger partial charge in [-0.05, 0) is 49.4 Å². The molecule has 1 aliphatic heterocycles. The van der Waals surface area contributed by atoms with Gasteiger partial charge in [0.15, 0.2) is 5.96 Å². The van der Waals surface area contributed by atoms with Gasteiger partial charge in [-0.2, -0.15) is 0 Å². The van der Waals surface area contributed by atoms with Crippen molar-refractivity contribution in [3.63, 3.8) is 0 Å². The van der Waals surface area contributed by atoms with Gasteiger partial charge < -0.3 is 20.3 Å². The molecule has 0 radical (unpaired) electrons. The predicted molar refractivity (Wildman–Crippen MR) is 140 cm³/mol. The smallest absolute Gasteiger partial charge is 0.191 e. The molecular formula is C24H36IN5O. The highest BCUT2D eigenvalue weighted by molar-refractivity contribution is 14.0. The molecule has 1 aromatic heterocycles. The molecule has 1 saturated heterocycles. The summed E-state index contributed by atoms with van der Waals surface area (Å²) in [5.41, 5.74) is 2.31. The molecule has 3 rings (SSSR count). The fourth-order valence-electron chi connectivity index (χ4n) is 3.77. The monoisotopic (exact) mass is 537 g/mol. The van der Waals surface area contributed by atoms with Gasteiger partial charge in [0.05, 0.1) is 6.54 Å². The molecule has 1 fully saturated rings. The summed E-state index contributed by atoms with van der Waals surface area (Å²) in [5, 5.41) is 6.93. The second-order valence-corrected chi connectivity index (χ2v) is 8.08. The highest BCUT2D eigenvalue weighted by Gasteiger charge is 2.21. The molecule has 6 nitrogen and oxygen atoms in total. The number of aryl methyl sites for hydroxylation is 1. The van der Waals surface area contributed by atoms with Crippen LogP contribution in [-0.4, -0.2) is 50.3 Å². The second kappa shape index (κ2) is 12.7. The molecule has 7 heteroatoms. The van der Waals surface area contributed by atoms with Crippen LogP contribution >= 0.6 is 24.0 Å². The second-order valence-electron chi connectivity index (χ2n) is 8.08. The van der Waals surface area contributed by atoms with Crippen LogP contribution in [0.25, 0.3) is 0 Å². The zero-order chi connectivity index (χ0) is 21.3. The van der Waals surface area contributed by atoms with E-state index < -0.39 is 0 Å². The molecule has 1 aliphatic rings. The number of halogens is 1. The van der Waals surface area contributed by atoms with E-state index in [1.165, 1.54) is 5.56 Å². The molecule has 170 valence electrons. The standard InChI is InChI=1S/C24H35N5O.HI/c1-18(2)21-9-5-6-10-22(21)30-17-14-26-24(25-4)28-20-12-15-29(16-13-20)23-11-7-8-19(3)27-23;/h5-11,18,20H,12-17H2,1-4H3,(H2,25,26,28);1H. The third-order valence-electron chi connectivity index (χ3n) is 5.45. The summed E-state index contributed by atoms with van der Waals surface area (Å²) in [7, 11) is 1.82. The first-order chi connectivity index (χ1) is 14.6. The fourth-order valence-corrected chi connectivity index (χ4v) is 3.77. The van der Waals surface area contributed by atoms with E-state index in [0.717, 1.165) is 49.2 Å². The topological polar surface area (TPSA) is 61.8 Å². The van der Waals surface area contributed by atoms with Gasteiger partial charge in [0.25, 0.3) is 0 Å². The number of anilines is 1. The van der Waals surface area contributed by atoms with Crippen LogP contribution in [0.1, 0.15) is 43.9 Å². The maximum Gasteiger partial charge on any atom is 0.191 e. The van der Waals surface area contributed by atoms with Crippen molar-refractivity contribution in [3.8, 4) is 5.75 Å². The molecule has 0 aliphatic carbocycles. The van der Waals surface area contributed by atoms with E-state index >= 15 is 0 Å². The zero-order valence-electron chi connectivity index (χ0n) is 19.1. The van der Waals surface area contributed by atoms with Crippen molar-refractivity contribution in [3.05, 3.63) is 53.7 Å². The van der Waals surface area contributed by atoms with E-state index in [4.69, 9.17) is 4.74 Å². The van der Waals surface area contributed by atoms with Crippen molar-refractivity contribution < 1.29 is 4.74 Å². The summed E-state index contributed by atoms with van der Waals surface area (Å²) < 4.78 is 6.00. The Morgan fingerprint density at radius 3 is 2.58 bits per heavy atom. The van der Waals surface area contributed by atoms with Crippen molar-refractivity contribution >= 4 is 35.8 Å². The lowest BCUT2D eigenvalue weighted by molar-refractivity contribution is 0.317. The lowest BCUT2D eigenvalue weighted by Gasteiger charge is -2.34. The first-order valence-electron chi connectivity index (χ1n) is 10.9. The summed E-state index contributed by atoms with van der Waals surface area (Å²) in [5.74, 6) is 3.33. The normalized spacial score (nSPS) is 14.9. The highest BCUT2D eigenvalue weighted by Crippen LogP contribution is 2.25. The number of piperidine rings is 1. The number of hydrogen-bond acceptors (Lipinski definition) is 4. The minimum Gasteiger partial charge on any atom is -0.491 e. The van der Waals surface area contributed by atoms with Crippen LogP contribution in [-0.2, 0) is 0 Å². The average molecular weight is 537 g/mol.